The molecular formula is C27H24N4O5. The normalized spacial score (nSPS) is 12.7. The van der Waals surface area contributed by atoms with Gasteiger partial charge in [-0.15, -0.1) is 0 Å². The number of pyridine rings is 2. The lowest BCUT2D eigenvalue weighted by Gasteiger charge is -2.22. The summed E-state index contributed by atoms with van der Waals surface area (Å²) in [7, 11) is 1.74. The number of aromatic nitrogens is 2. The number of aromatic carboxylic acids is 1. The number of carboxylic acid groups (broad SMARTS) is 1. The van der Waals surface area contributed by atoms with Gasteiger partial charge in [0.1, 0.15) is 22.9 Å². The Hall–Kier alpha value is -4.66. The molecule has 36 heavy (non-hydrogen) atoms. The van der Waals surface area contributed by atoms with Crippen LogP contribution in [0.15, 0.2) is 71.6 Å². The van der Waals surface area contributed by atoms with E-state index < -0.39 is 5.97 Å². The van der Waals surface area contributed by atoms with Crippen molar-refractivity contribution in [3.8, 4) is 17.1 Å². The van der Waals surface area contributed by atoms with Crippen molar-refractivity contribution in [2.75, 3.05) is 30.0 Å². The van der Waals surface area contributed by atoms with E-state index in [0.29, 0.717) is 53.8 Å². The van der Waals surface area contributed by atoms with E-state index in [2.05, 4.69) is 9.97 Å². The van der Waals surface area contributed by atoms with E-state index in [-0.39, 0.29) is 11.5 Å². The maximum atomic E-state index is 13.3. The molecular weight excluding hydrogens is 460 g/mol. The van der Waals surface area contributed by atoms with Gasteiger partial charge in [-0.25, -0.2) is 14.8 Å². The van der Waals surface area contributed by atoms with E-state index in [1.54, 1.807) is 48.6 Å². The zero-order chi connectivity index (χ0) is 25.2. The Kier molecular flexibility index (Phi) is 6.12. The van der Waals surface area contributed by atoms with Crippen molar-refractivity contribution in [1.29, 1.82) is 0 Å². The number of benzene rings is 1. The van der Waals surface area contributed by atoms with Gasteiger partial charge in [-0.3, -0.25) is 4.79 Å². The SMILES string of the molecule is CCN1c2ncc(CCOc3ccc(-c4occc4C(=O)O)cc3)cc2C(=O)N(C)c2cccnc21. The maximum absolute atomic E-state index is 13.3. The number of carbonyl (C=O) groups excluding carboxylic acids is 1. The van der Waals surface area contributed by atoms with Crippen LogP contribution in [0.2, 0.25) is 0 Å². The van der Waals surface area contributed by atoms with Crippen molar-refractivity contribution in [2.45, 2.75) is 13.3 Å². The second-order valence-corrected chi connectivity index (χ2v) is 8.26. The highest BCUT2D eigenvalue weighted by atomic mass is 16.5. The van der Waals surface area contributed by atoms with Gasteiger partial charge in [-0.1, -0.05) is 0 Å². The molecule has 0 unspecified atom stereocenters. The topological polar surface area (TPSA) is 109 Å². The molecule has 0 spiro atoms. The smallest absolute Gasteiger partial charge is 0.339 e. The molecule has 0 saturated heterocycles. The lowest BCUT2D eigenvalue weighted by atomic mass is 10.1. The maximum Gasteiger partial charge on any atom is 0.339 e. The van der Waals surface area contributed by atoms with Crippen LogP contribution in [0, 0.1) is 0 Å². The number of hydrogen-bond acceptors (Lipinski definition) is 7. The first kappa shape index (κ1) is 23.1. The van der Waals surface area contributed by atoms with Gasteiger partial charge in [-0.05, 0) is 61.0 Å². The lowest BCUT2D eigenvalue weighted by molar-refractivity contribution is 0.0697. The summed E-state index contributed by atoms with van der Waals surface area (Å²) in [4.78, 5) is 37.3. The molecule has 0 radical (unpaired) electrons. The van der Waals surface area contributed by atoms with Crippen molar-refractivity contribution < 1.29 is 23.8 Å². The number of nitrogens with zero attached hydrogens (tertiary/aromatic N) is 4. The third kappa shape index (κ3) is 4.15. The summed E-state index contributed by atoms with van der Waals surface area (Å²) in [5, 5.41) is 9.27. The third-order valence-electron chi connectivity index (χ3n) is 6.08. The number of amides is 1. The van der Waals surface area contributed by atoms with Gasteiger partial charge >= 0.3 is 5.97 Å². The van der Waals surface area contributed by atoms with Gasteiger partial charge in [0.15, 0.2) is 5.82 Å². The largest absolute Gasteiger partial charge is 0.493 e. The Bertz CT molecular complexity index is 1430. The summed E-state index contributed by atoms with van der Waals surface area (Å²) in [6.07, 6.45) is 5.38. The van der Waals surface area contributed by atoms with E-state index in [1.165, 1.54) is 12.3 Å². The van der Waals surface area contributed by atoms with Gasteiger partial charge < -0.3 is 24.1 Å². The highest BCUT2D eigenvalue weighted by Gasteiger charge is 2.30. The van der Waals surface area contributed by atoms with E-state index in [0.717, 1.165) is 11.3 Å². The predicted octanol–water partition coefficient (Wildman–Crippen LogP) is 4.80. The standard InChI is InChI=1S/C27H24N4O5/c1-3-31-24-21(26(32)30(2)22-5-4-12-28-25(22)31)15-17(16-29-24)10-13-35-19-8-6-18(7-9-19)23-20(27(33)34)11-14-36-23/h4-9,11-12,14-16H,3,10,13H2,1-2H3,(H,33,34). The molecule has 1 aliphatic rings. The molecule has 9 heteroatoms. The van der Waals surface area contributed by atoms with E-state index in [4.69, 9.17) is 9.15 Å². The van der Waals surface area contributed by atoms with E-state index in [9.17, 15) is 14.7 Å². The molecule has 4 heterocycles. The van der Waals surface area contributed by atoms with Gasteiger partial charge in [0.05, 0.1) is 24.1 Å². The molecule has 3 aromatic heterocycles. The summed E-state index contributed by atoms with van der Waals surface area (Å²) in [6.45, 7) is 3.00. The van der Waals surface area contributed by atoms with Crippen LogP contribution in [0.3, 0.4) is 0 Å². The van der Waals surface area contributed by atoms with Crippen LogP contribution in [-0.2, 0) is 6.42 Å². The van der Waals surface area contributed by atoms with Gasteiger partial charge in [0.25, 0.3) is 5.91 Å². The van der Waals surface area contributed by atoms with Gasteiger partial charge in [0, 0.05) is 38.0 Å². The monoisotopic (exact) mass is 484 g/mol. The zero-order valence-electron chi connectivity index (χ0n) is 19.8. The molecule has 1 aromatic carbocycles. The van der Waals surface area contributed by atoms with Gasteiger partial charge in [-0.2, -0.15) is 0 Å². The van der Waals surface area contributed by atoms with Crippen LogP contribution in [0.4, 0.5) is 17.3 Å². The average Bonchev–Trinajstić information content (AvgIpc) is 3.37. The summed E-state index contributed by atoms with van der Waals surface area (Å²) in [5.41, 5.74) is 2.90. The van der Waals surface area contributed by atoms with Crippen molar-refractivity contribution >= 4 is 29.2 Å². The Balaban J connectivity index is 1.30. The number of carbonyl (C=O) groups is 2. The molecule has 0 fully saturated rings. The fourth-order valence-electron chi connectivity index (χ4n) is 4.25. The summed E-state index contributed by atoms with van der Waals surface area (Å²) >= 11 is 0. The third-order valence-corrected chi connectivity index (χ3v) is 6.08. The summed E-state index contributed by atoms with van der Waals surface area (Å²) in [5.74, 6) is 1.05. The fraction of sp³-hybridized carbons (Fsp3) is 0.185. The predicted molar refractivity (Wildman–Crippen MR) is 134 cm³/mol. The number of rotatable bonds is 7. The molecule has 9 nitrogen and oxygen atoms in total. The number of hydrogen-bond donors (Lipinski definition) is 1. The molecule has 1 aliphatic heterocycles. The summed E-state index contributed by atoms with van der Waals surface area (Å²) in [6, 6.07) is 14.0. The molecule has 1 amide bonds. The number of anilines is 3. The molecule has 0 bridgehead atoms. The Morgan fingerprint density at radius 2 is 1.92 bits per heavy atom. The van der Waals surface area contributed by atoms with Crippen LogP contribution in [0.5, 0.6) is 5.75 Å². The highest BCUT2D eigenvalue weighted by molar-refractivity contribution is 6.12. The zero-order valence-corrected chi connectivity index (χ0v) is 19.8. The molecule has 0 saturated carbocycles. The van der Waals surface area contributed by atoms with Crippen LogP contribution < -0.4 is 14.5 Å². The fourth-order valence-corrected chi connectivity index (χ4v) is 4.25. The first-order valence-corrected chi connectivity index (χ1v) is 11.5. The molecule has 5 rings (SSSR count). The molecule has 1 N–H and O–H groups in total. The minimum atomic E-state index is -1.04. The van der Waals surface area contributed by atoms with Crippen molar-refractivity contribution in [2.24, 2.45) is 0 Å². The number of carboxylic acids is 1. The highest BCUT2D eigenvalue weighted by Crippen LogP contribution is 2.37. The minimum Gasteiger partial charge on any atom is -0.493 e. The minimum absolute atomic E-state index is 0.111. The lowest BCUT2D eigenvalue weighted by Crippen LogP contribution is -2.25. The van der Waals surface area contributed by atoms with Crippen molar-refractivity contribution in [3.05, 3.63) is 83.9 Å². The van der Waals surface area contributed by atoms with E-state index >= 15 is 0 Å². The number of furan rings is 1. The van der Waals surface area contributed by atoms with Crippen molar-refractivity contribution in [3.63, 3.8) is 0 Å². The molecule has 0 aliphatic carbocycles. The Morgan fingerprint density at radius 1 is 1.11 bits per heavy atom. The number of ether oxygens (including phenoxy) is 1. The average molecular weight is 485 g/mol. The number of fused-ring (bicyclic) bond motifs is 2. The Morgan fingerprint density at radius 3 is 2.67 bits per heavy atom. The second kappa shape index (κ2) is 9.53. The first-order chi connectivity index (χ1) is 17.5. The van der Waals surface area contributed by atoms with Crippen LogP contribution in [0.1, 0.15) is 33.2 Å². The van der Waals surface area contributed by atoms with Crippen LogP contribution >= 0.6 is 0 Å². The van der Waals surface area contributed by atoms with Crippen molar-refractivity contribution in [1.82, 2.24) is 9.97 Å². The summed E-state index contributed by atoms with van der Waals surface area (Å²) < 4.78 is 11.2. The quantitative estimate of drug-likeness (QED) is 0.398. The molecule has 4 aromatic rings. The van der Waals surface area contributed by atoms with Crippen LogP contribution in [-0.4, -0.2) is 47.2 Å². The molecule has 182 valence electrons. The second-order valence-electron chi connectivity index (χ2n) is 8.26. The first-order valence-electron chi connectivity index (χ1n) is 11.5. The van der Waals surface area contributed by atoms with Crippen LogP contribution in [0.25, 0.3) is 11.3 Å². The van der Waals surface area contributed by atoms with E-state index in [1.807, 2.05) is 30.0 Å². The Labute approximate surface area is 207 Å². The van der Waals surface area contributed by atoms with Gasteiger partial charge in [0.2, 0.25) is 0 Å². The molecule has 0 atom stereocenters.